The number of hydrogen-bond donors (Lipinski definition) is 1. The molecule has 0 aliphatic carbocycles. The fourth-order valence-corrected chi connectivity index (χ4v) is 2.66. The molecule has 0 spiro atoms. The third kappa shape index (κ3) is 4.55. The van der Waals surface area contributed by atoms with E-state index in [1.54, 1.807) is 0 Å². The molecular formula is C13H23NO4. The third-order valence-electron chi connectivity index (χ3n) is 3.74. The van der Waals surface area contributed by atoms with Gasteiger partial charge in [-0.2, -0.15) is 0 Å². The highest BCUT2D eigenvalue weighted by Gasteiger charge is 2.24. The molecular weight excluding hydrogens is 234 g/mol. The lowest BCUT2D eigenvalue weighted by Gasteiger charge is -2.33. The van der Waals surface area contributed by atoms with Crippen LogP contribution in [-0.4, -0.2) is 61.5 Å². The number of piperidine rings is 1. The molecule has 2 fully saturated rings. The second-order valence-corrected chi connectivity index (χ2v) is 5.24. The summed E-state index contributed by atoms with van der Waals surface area (Å²) in [4.78, 5) is 12.9. The number of carboxylic acids is 1. The smallest absolute Gasteiger partial charge is 0.305 e. The number of carboxylic acid groups (broad SMARTS) is 1. The number of ether oxygens (including phenoxy) is 2. The molecule has 2 rings (SSSR count). The lowest BCUT2D eigenvalue weighted by Crippen LogP contribution is -2.40. The van der Waals surface area contributed by atoms with Gasteiger partial charge in [0.15, 0.2) is 0 Å². The number of likely N-dealkylation sites (tertiary alicyclic amines) is 1. The zero-order valence-corrected chi connectivity index (χ0v) is 10.8. The van der Waals surface area contributed by atoms with E-state index in [0.29, 0.717) is 12.5 Å². The molecule has 2 saturated heterocycles. The van der Waals surface area contributed by atoms with Crippen LogP contribution in [0.25, 0.3) is 0 Å². The first-order valence-corrected chi connectivity index (χ1v) is 6.87. The fraction of sp³-hybridized carbons (Fsp3) is 0.923. The Morgan fingerprint density at radius 3 is 2.72 bits per heavy atom. The highest BCUT2D eigenvalue weighted by Crippen LogP contribution is 2.19. The van der Waals surface area contributed by atoms with Gasteiger partial charge in [0, 0.05) is 26.2 Å². The number of nitrogens with zero attached hydrogens (tertiary/aromatic N) is 1. The van der Waals surface area contributed by atoms with E-state index in [9.17, 15) is 4.79 Å². The maximum absolute atomic E-state index is 10.4. The highest BCUT2D eigenvalue weighted by molar-refractivity contribution is 5.66. The highest BCUT2D eigenvalue weighted by atomic mass is 16.5. The molecule has 0 aromatic carbocycles. The number of rotatable bonds is 6. The Hall–Kier alpha value is -0.650. The zero-order chi connectivity index (χ0) is 12.8. The van der Waals surface area contributed by atoms with Crippen molar-refractivity contribution in [2.45, 2.75) is 31.8 Å². The van der Waals surface area contributed by atoms with Crippen molar-refractivity contribution in [3.63, 3.8) is 0 Å². The van der Waals surface area contributed by atoms with E-state index in [0.717, 1.165) is 45.7 Å². The van der Waals surface area contributed by atoms with Crippen molar-refractivity contribution in [1.82, 2.24) is 4.90 Å². The van der Waals surface area contributed by atoms with Crippen molar-refractivity contribution in [2.75, 3.05) is 39.5 Å². The summed E-state index contributed by atoms with van der Waals surface area (Å²) < 4.78 is 11.0. The van der Waals surface area contributed by atoms with Gasteiger partial charge in [-0.15, -0.1) is 0 Å². The predicted octanol–water partition coefficient (Wildman–Crippen LogP) is 0.979. The van der Waals surface area contributed by atoms with Crippen LogP contribution in [-0.2, 0) is 14.3 Å². The molecule has 0 bridgehead atoms. The molecule has 18 heavy (non-hydrogen) atoms. The van der Waals surface area contributed by atoms with Crippen LogP contribution in [0.1, 0.15) is 25.7 Å². The van der Waals surface area contributed by atoms with Crippen LogP contribution >= 0.6 is 0 Å². The number of hydrogen-bond acceptors (Lipinski definition) is 4. The first kappa shape index (κ1) is 13.8. The molecule has 1 unspecified atom stereocenters. The molecule has 0 saturated carbocycles. The van der Waals surface area contributed by atoms with Gasteiger partial charge in [0.2, 0.25) is 0 Å². The van der Waals surface area contributed by atoms with Gasteiger partial charge in [0.25, 0.3) is 0 Å². The van der Waals surface area contributed by atoms with Gasteiger partial charge < -0.3 is 19.5 Å². The van der Waals surface area contributed by atoms with Gasteiger partial charge in [-0.3, -0.25) is 4.79 Å². The van der Waals surface area contributed by atoms with E-state index < -0.39 is 5.97 Å². The SMILES string of the molecule is O=C(O)CCOC1CCN(CC2CCOC2)CC1. The molecule has 5 nitrogen and oxygen atoms in total. The van der Waals surface area contributed by atoms with Gasteiger partial charge in [-0.05, 0) is 25.2 Å². The Labute approximate surface area is 108 Å². The lowest BCUT2D eigenvalue weighted by molar-refractivity contribution is -0.138. The summed E-state index contributed by atoms with van der Waals surface area (Å²) in [6.45, 7) is 5.44. The van der Waals surface area contributed by atoms with Gasteiger partial charge in [-0.25, -0.2) is 0 Å². The summed E-state index contributed by atoms with van der Waals surface area (Å²) >= 11 is 0. The molecule has 5 heteroatoms. The minimum absolute atomic E-state index is 0.111. The second-order valence-electron chi connectivity index (χ2n) is 5.24. The molecule has 2 aliphatic rings. The third-order valence-corrected chi connectivity index (χ3v) is 3.74. The molecule has 1 N–H and O–H groups in total. The first-order valence-electron chi connectivity index (χ1n) is 6.87. The Morgan fingerprint density at radius 1 is 1.33 bits per heavy atom. The van der Waals surface area contributed by atoms with Crippen LogP contribution in [0.5, 0.6) is 0 Å². The summed E-state index contributed by atoms with van der Waals surface area (Å²) in [5.74, 6) is -0.0804. The fourth-order valence-electron chi connectivity index (χ4n) is 2.66. The summed E-state index contributed by atoms with van der Waals surface area (Å²) in [5.41, 5.74) is 0. The van der Waals surface area contributed by atoms with E-state index in [1.165, 1.54) is 6.42 Å². The van der Waals surface area contributed by atoms with E-state index in [1.807, 2.05) is 0 Å². The maximum Gasteiger partial charge on any atom is 0.305 e. The average molecular weight is 257 g/mol. The second kappa shape index (κ2) is 7.07. The van der Waals surface area contributed by atoms with Crippen molar-refractivity contribution in [1.29, 1.82) is 0 Å². The van der Waals surface area contributed by atoms with Gasteiger partial charge >= 0.3 is 5.97 Å². The maximum atomic E-state index is 10.4. The van der Waals surface area contributed by atoms with Crippen molar-refractivity contribution in [2.24, 2.45) is 5.92 Å². The van der Waals surface area contributed by atoms with Crippen LogP contribution in [0, 0.1) is 5.92 Å². The Balaban J connectivity index is 1.57. The molecule has 0 amide bonds. The minimum Gasteiger partial charge on any atom is -0.481 e. The quantitative estimate of drug-likeness (QED) is 0.768. The standard InChI is InChI=1S/C13H23NO4/c15-13(16)4-8-18-12-1-5-14(6-2-12)9-11-3-7-17-10-11/h11-12H,1-10H2,(H,15,16). The number of aliphatic carboxylic acids is 1. The predicted molar refractivity (Wildman–Crippen MR) is 66.6 cm³/mol. The van der Waals surface area contributed by atoms with Crippen molar-refractivity contribution in [3.8, 4) is 0 Å². The Morgan fingerprint density at radius 2 is 2.11 bits per heavy atom. The van der Waals surface area contributed by atoms with Crippen LogP contribution in [0.3, 0.4) is 0 Å². The Kier molecular flexibility index (Phi) is 5.41. The van der Waals surface area contributed by atoms with Crippen LogP contribution in [0.2, 0.25) is 0 Å². The van der Waals surface area contributed by atoms with E-state index in [4.69, 9.17) is 14.6 Å². The summed E-state index contributed by atoms with van der Waals surface area (Å²) in [5, 5.41) is 8.54. The van der Waals surface area contributed by atoms with Crippen molar-refractivity contribution >= 4 is 5.97 Å². The van der Waals surface area contributed by atoms with E-state index in [2.05, 4.69) is 4.90 Å². The van der Waals surface area contributed by atoms with Crippen molar-refractivity contribution < 1.29 is 19.4 Å². The van der Waals surface area contributed by atoms with Gasteiger partial charge in [0.1, 0.15) is 0 Å². The molecule has 1 atom stereocenters. The molecule has 0 aromatic rings. The topological polar surface area (TPSA) is 59.0 Å². The molecule has 0 radical (unpaired) electrons. The van der Waals surface area contributed by atoms with Crippen LogP contribution in [0.4, 0.5) is 0 Å². The molecule has 104 valence electrons. The Bertz CT molecular complexity index is 258. The summed E-state index contributed by atoms with van der Waals surface area (Å²) in [6, 6.07) is 0. The molecule has 2 heterocycles. The number of carbonyl (C=O) groups is 1. The van der Waals surface area contributed by atoms with Gasteiger partial charge in [0.05, 0.1) is 25.7 Å². The van der Waals surface area contributed by atoms with Gasteiger partial charge in [-0.1, -0.05) is 0 Å². The largest absolute Gasteiger partial charge is 0.481 e. The van der Waals surface area contributed by atoms with E-state index in [-0.39, 0.29) is 12.5 Å². The molecule has 0 aromatic heterocycles. The normalized spacial score (nSPS) is 26.6. The lowest BCUT2D eigenvalue weighted by atomic mass is 10.0. The minimum atomic E-state index is -0.784. The summed E-state index contributed by atoms with van der Waals surface area (Å²) in [6.07, 6.45) is 3.59. The van der Waals surface area contributed by atoms with Crippen LogP contribution < -0.4 is 0 Å². The summed E-state index contributed by atoms with van der Waals surface area (Å²) in [7, 11) is 0. The first-order chi connectivity index (χ1) is 8.74. The van der Waals surface area contributed by atoms with Crippen LogP contribution in [0.15, 0.2) is 0 Å². The molecule has 2 aliphatic heterocycles. The average Bonchev–Trinajstić information content (AvgIpc) is 2.84. The van der Waals surface area contributed by atoms with Crippen molar-refractivity contribution in [3.05, 3.63) is 0 Å². The van der Waals surface area contributed by atoms with E-state index >= 15 is 0 Å². The monoisotopic (exact) mass is 257 g/mol. The zero-order valence-electron chi connectivity index (χ0n) is 10.8.